The average molecular weight is 348 g/mol. The van der Waals surface area contributed by atoms with Crippen molar-refractivity contribution in [3.63, 3.8) is 0 Å². The number of thiazole rings is 1. The van der Waals surface area contributed by atoms with Crippen LogP contribution in [0.3, 0.4) is 0 Å². The molecule has 2 rings (SSSR count). The summed E-state index contributed by atoms with van der Waals surface area (Å²) in [6.45, 7) is 1.84. The Kier molecular flexibility index (Phi) is 4.62. The van der Waals surface area contributed by atoms with Crippen molar-refractivity contribution in [2.24, 2.45) is 5.84 Å². The van der Waals surface area contributed by atoms with Crippen LogP contribution in [0.25, 0.3) is 0 Å². The summed E-state index contributed by atoms with van der Waals surface area (Å²) in [6.07, 6.45) is 0.122. The summed E-state index contributed by atoms with van der Waals surface area (Å²) < 4.78 is 27.9. The van der Waals surface area contributed by atoms with E-state index in [-0.39, 0.29) is 22.5 Å². The molecule has 0 amide bonds. The zero-order valence-corrected chi connectivity index (χ0v) is 12.5. The first-order valence-corrected chi connectivity index (χ1v) is 7.20. The molecule has 7 heteroatoms. The molecule has 0 aliphatic rings. The molecule has 0 spiro atoms. The van der Waals surface area contributed by atoms with Crippen LogP contribution >= 0.6 is 27.3 Å². The van der Waals surface area contributed by atoms with Gasteiger partial charge in [-0.2, -0.15) is 0 Å². The second-order valence-corrected chi connectivity index (χ2v) is 5.79. The molecular weight excluding hydrogens is 336 g/mol. The minimum absolute atomic E-state index is 0.00475. The zero-order chi connectivity index (χ0) is 14.0. The van der Waals surface area contributed by atoms with Gasteiger partial charge in [-0.25, -0.2) is 13.8 Å². The van der Waals surface area contributed by atoms with Crippen LogP contribution in [0, 0.1) is 18.6 Å². The Bertz CT molecular complexity index is 588. The number of aryl methyl sites for hydroxylation is 1. The minimum Gasteiger partial charge on any atom is -0.271 e. The SMILES string of the molecule is Cc1ncsc1C(Cc1c(F)ccc(Br)c1F)NN. The van der Waals surface area contributed by atoms with Crippen LogP contribution in [0.4, 0.5) is 8.78 Å². The van der Waals surface area contributed by atoms with E-state index in [1.807, 2.05) is 6.92 Å². The molecule has 0 saturated heterocycles. The lowest BCUT2D eigenvalue weighted by Crippen LogP contribution is -2.30. The first kappa shape index (κ1) is 14.5. The van der Waals surface area contributed by atoms with E-state index < -0.39 is 11.6 Å². The predicted molar refractivity (Wildman–Crippen MR) is 74.7 cm³/mol. The molecule has 1 atom stereocenters. The number of nitrogens with zero attached hydrogens (tertiary/aromatic N) is 1. The normalized spacial score (nSPS) is 12.7. The van der Waals surface area contributed by atoms with E-state index in [0.717, 1.165) is 10.6 Å². The van der Waals surface area contributed by atoms with Gasteiger partial charge in [0.1, 0.15) is 11.6 Å². The summed E-state index contributed by atoms with van der Waals surface area (Å²) in [6, 6.07) is 2.21. The molecule has 19 heavy (non-hydrogen) atoms. The van der Waals surface area contributed by atoms with E-state index in [4.69, 9.17) is 5.84 Å². The molecule has 1 heterocycles. The van der Waals surface area contributed by atoms with Crippen LogP contribution in [0.5, 0.6) is 0 Å². The monoisotopic (exact) mass is 347 g/mol. The number of benzene rings is 1. The number of hydrogen-bond acceptors (Lipinski definition) is 4. The fourth-order valence-electron chi connectivity index (χ4n) is 1.83. The van der Waals surface area contributed by atoms with Crippen LogP contribution in [-0.2, 0) is 6.42 Å². The molecule has 0 fully saturated rings. The molecule has 2 aromatic rings. The van der Waals surface area contributed by atoms with Gasteiger partial charge in [0, 0.05) is 10.4 Å². The van der Waals surface area contributed by atoms with Crippen LogP contribution in [0.2, 0.25) is 0 Å². The van der Waals surface area contributed by atoms with Crippen LogP contribution in [-0.4, -0.2) is 4.98 Å². The lowest BCUT2D eigenvalue weighted by Gasteiger charge is -2.16. The van der Waals surface area contributed by atoms with Crippen molar-refractivity contribution in [3.8, 4) is 0 Å². The molecule has 3 N–H and O–H groups in total. The van der Waals surface area contributed by atoms with Gasteiger partial charge in [0.05, 0.1) is 21.7 Å². The number of hydrazine groups is 1. The van der Waals surface area contributed by atoms with E-state index in [0.29, 0.717) is 0 Å². The second kappa shape index (κ2) is 6.04. The Morgan fingerprint density at radius 1 is 1.47 bits per heavy atom. The molecule has 0 saturated carbocycles. The predicted octanol–water partition coefficient (Wildman–Crippen LogP) is 3.24. The van der Waals surface area contributed by atoms with Crippen LogP contribution < -0.4 is 11.3 Å². The Hall–Kier alpha value is -0.890. The summed E-state index contributed by atoms with van der Waals surface area (Å²) >= 11 is 4.46. The zero-order valence-electron chi connectivity index (χ0n) is 10.1. The lowest BCUT2D eigenvalue weighted by molar-refractivity contribution is 0.500. The number of aromatic nitrogens is 1. The first-order valence-electron chi connectivity index (χ1n) is 5.53. The number of nitrogens with one attached hydrogen (secondary N) is 1. The van der Waals surface area contributed by atoms with E-state index in [9.17, 15) is 8.78 Å². The van der Waals surface area contributed by atoms with Crippen molar-refractivity contribution in [3.05, 3.63) is 49.9 Å². The molecule has 0 aliphatic heterocycles. The summed E-state index contributed by atoms with van der Waals surface area (Å²) in [5.41, 5.74) is 5.09. The molecular formula is C12H12BrF2N3S. The van der Waals surface area contributed by atoms with E-state index >= 15 is 0 Å². The van der Waals surface area contributed by atoms with Gasteiger partial charge in [-0.15, -0.1) is 11.3 Å². The van der Waals surface area contributed by atoms with Crippen molar-refractivity contribution in [1.29, 1.82) is 0 Å². The van der Waals surface area contributed by atoms with Crippen LogP contribution in [0.1, 0.15) is 22.2 Å². The van der Waals surface area contributed by atoms with Crippen molar-refractivity contribution >= 4 is 27.3 Å². The average Bonchev–Trinajstić information content (AvgIpc) is 2.81. The van der Waals surface area contributed by atoms with Gasteiger partial charge in [-0.3, -0.25) is 11.3 Å². The summed E-state index contributed by atoms with van der Waals surface area (Å²) in [5.74, 6) is 4.32. The smallest absolute Gasteiger partial charge is 0.143 e. The Morgan fingerprint density at radius 3 is 2.79 bits per heavy atom. The highest BCUT2D eigenvalue weighted by molar-refractivity contribution is 9.10. The third kappa shape index (κ3) is 3.00. The largest absolute Gasteiger partial charge is 0.271 e. The highest BCUT2D eigenvalue weighted by atomic mass is 79.9. The first-order chi connectivity index (χ1) is 9.04. The Morgan fingerprint density at radius 2 is 2.21 bits per heavy atom. The second-order valence-electron chi connectivity index (χ2n) is 4.05. The summed E-state index contributed by atoms with van der Waals surface area (Å²) in [4.78, 5) is 4.99. The molecule has 1 aromatic carbocycles. The molecule has 0 aliphatic carbocycles. The van der Waals surface area contributed by atoms with Crippen molar-refractivity contribution in [1.82, 2.24) is 10.4 Å². The minimum atomic E-state index is -0.595. The van der Waals surface area contributed by atoms with Crippen molar-refractivity contribution in [2.75, 3.05) is 0 Å². The highest BCUT2D eigenvalue weighted by Gasteiger charge is 2.20. The third-order valence-corrected chi connectivity index (χ3v) is 4.50. The number of halogens is 3. The quantitative estimate of drug-likeness (QED) is 0.507. The summed E-state index contributed by atoms with van der Waals surface area (Å²) in [5, 5.41) is 0. The molecule has 0 bridgehead atoms. The third-order valence-electron chi connectivity index (χ3n) is 2.85. The maximum absolute atomic E-state index is 13.9. The van der Waals surface area contributed by atoms with Gasteiger partial charge < -0.3 is 0 Å². The standard InChI is InChI=1S/C12H12BrF2N3S/c1-6-12(19-5-17-6)10(18-16)4-7-9(14)3-2-8(13)11(7)15/h2-3,5,10,18H,4,16H2,1H3. The maximum atomic E-state index is 13.9. The highest BCUT2D eigenvalue weighted by Crippen LogP contribution is 2.29. The number of hydrogen-bond donors (Lipinski definition) is 2. The molecule has 3 nitrogen and oxygen atoms in total. The van der Waals surface area contributed by atoms with Gasteiger partial charge in [0.25, 0.3) is 0 Å². The van der Waals surface area contributed by atoms with Gasteiger partial charge in [-0.1, -0.05) is 0 Å². The molecule has 0 radical (unpaired) electrons. The fraction of sp³-hybridized carbons (Fsp3) is 0.250. The van der Waals surface area contributed by atoms with E-state index in [1.54, 1.807) is 5.51 Å². The van der Waals surface area contributed by atoms with Gasteiger partial charge in [0.2, 0.25) is 0 Å². The molecule has 1 unspecified atom stereocenters. The number of rotatable bonds is 4. The topological polar surface area (TPSA) is 50.9 Å². The maximum Gasteiger partial charge on any atom is 0.143 e. The van der Waals surface area contributed by atoms with Crippen molar-refractivity contribution in [2.45, 2.75) is 19.4 Å². The van der Waals surface area contributed by atoms with Crippen molar-refractivity contribution < 1.29 is 8.78 Å². The fourth-order valence-corrected chi connectivity index (χ4v) is 3.07. The van der Waals surface area contributed by atoms with Gasteiger partial charge >= 0.3 is 0 Å². The molecule has 102 valence electrons. The summed E-state index contributed by atoms with van der Waals surface area (Å²) in [7, 11) is 0. The number of nitrogens with two attached hydrogens (primary N) is 1. The molecule has 1 aromatic heterocycles. The Labute approximate surface area is 122 Å². The lowest BCUT2D eigenvalue weighted by atomic mass is 10.0. The van der Waals surface area contributed by atoms with Gasteiger partial charge in [0.15, 0.2) is 0 Å². The van der Waals surface area contributed by atoms with Gasteiger partial charge in [-0.05, 0) is 41.4 Å². The van der Waals surface area contributed by atoms with Crippen LogP contribution in [0.15, 0.2) is 22.1 Å². The Balaban J connectivity index is 2.34. The van der Waals surface area contributed by atoms with E-state index in [2.05, 4.69) is 26.3 Å². The van der Waals surface area contributed by atoms with E-state index in [1.165, 1.54) is 23.5 Å².